The van der Waals surface area contributed by atoms with Gasteiger partial charge in [-0.1, -0.05) is 23.9 Å². The highest BCUT2D eigenvalue weighted by Crippen LogP contribution is 2.29. The van der Waals surface area contributed by atoms with E-state index in [1.807, 2.05) is 42.2 Å². The maximum atomic E-state index is 13.1. The second-order valence-corrected chi connectivity index (χ2v) is 11.5. The SMILES string of the molecule is Cc1c(SCCCN2CCC(C(=O)c3ccc(F)cc3)CC2)ccnc1CSc1nc2ccccc2[nH]1. The minimum atomic E-state index is -0.302. The molecular formula is C29H31FN4OS2. The summed E-state index contributed by atoms with van der Waals surface area (Å²) in [5, 5.41) is 0.920. The largest absolute Gasteiger partial charge is 0.333 e. The molecule has 1 aliphatic heterocycles. The monoisotopic (exact) mass is 534 g/mol. The highest BCUT2D eigenvalue weighted by Gasteiger charge is 2.25. The number of likely N-dealkylation sites (tertiary alicyclic amines) is 1. The Morgan fingerprint density at radius 3 is 2.65 bits per heavy atom. The van der Waals surface area contributed by atoms with E-state index in [-0.39, 0.29) is 17.5 Å². The molecule has 0 bridgehead atoms. The number of hydrogen-bond donors (Lipinski definition) is 1. The number of carbonyl (C=O) groups excluding carboxylic acids is 1. The molecule has 1 N–H and O–H groups in total. The number of nitrogens with zero attached hydrogens (tertiary/aromatic N) is 3. The van der Waals surface area contributed by atoms with Crippen LogP contribution >= 0.6 is 23.5 Å². The molecule has 0 spiro atoms. The second kappa shape index (κ2) is 12.2. The van der Waals surface area contributed by atoms with Crippen LogP contribution in [0, 0.1) is 18.7 Å². The van der Waals surface area contributed by atoms with Crippen molar-refractivity contribution in [1.82, 2.24) is 19.9 Å². The molecule has 5 rings (SSSR count). The molecule has 0 unspecified atom stereocenters. The van der Waals surface area contributed by atoms with Crippen LogP contribution in [0.4, 0.5) is 4.39 Å². The van der Waals surface area contributed by atoms with E-state index in [0.29, 0.717) is 5.56 Å². The molecule has 0 aliphatic carbocycles. The fourth-order valence-electron chi connectivity index (χ4n) is 4.73. The lowest BCUT2D eigenvalue weighted by Gasteiger charge is -2.31. The third-order valence-corrected chi connectivity index (χ3v) is 9.07. The fraction of sp³-hybridized carbons (Fsp3) is 0.345. The number of nitrogens with one attached hydrogen (secondary N) is 1. The standard InChI is InChI=1S/C29H31FN4OS2/c1-20-26(19-37-29-32-24-5-2-3-6-25(24)33-29)31-14-11-27(20)36-18-4-15-34-16-12-22(13-17-34)28(35)21-7-9-23(30)10-8-21/h2-3,5-11,14,22H,4,12-13,15-19H2,1H3,(H,32,33). The minimum absolute atomic E-state index is 0.0476. The maximum Gasteiger partial charge on any atom is 0.166 e. The van der Waals surface area contributed by atoms with Gasteiger partial charge in [0.05, 0.1) is 16.7 Å². The van der Waals surface area contributed by atoms with Gasteiger partial charge in [-0.05, 0) is 99.6 Å². The maximum absolute atomic E-state index is 13.1. The van der Waals surface area contributed by atoms with Gasteiger partial charge in [-0.15, -0.1) is 11.8 Å². The molecule has 5 nitrogen and oxygen atoms in total. The van der Waals surface area contributed by atoms with Crippen molar-refractivity contribution >= 4 is 40.3 Å². The van der Waals surface area contributed by atoms with Crippen LogP contribution < -0.4 is 0 Å². The Balaban J connectivity index is 1.05. The summed E-state index contributed by atoms with van der Waals surface area (Å²) >= 11 is 3.58. The number of H-pyrrole nitrogens is 1. The van der Waals surface area contributed by atoms with Gasteiger partial charge >= 0.3 is 0 Å². The molecule has 8 heteroatoms. The van der Waals surface area contributed by atoms with Crippen LogP contribution in [-0.2, 0) is 5.75 Å². The zero-order chi connectivity index (χ0) is 25.6. The molecule has 0 radical (unpaired) electrons. The number of rotatable bonds is 10. The lowest BCUT2D eigenvalue weighted by Crippen LogP contribution is -2.37. The molecule has 0 saturated carbocycles. The van der Waals surface area contributed by atoms with Crippen LogP contribution in [0.2, 0.25) is 0 Å². The lowest BCUT2D eigenvalue weighted by molar-refractivity contribution is 0.0840. The molecule has 37 heavy (non-hydrogen) atoms. The number of aromatic nitrogens is 3. The number of para-hydroxylation sites is 2. The summed E-state index contributed by atoms with van der Waals surface area (Å²) in [5.74, 6) is 1.73. The quantitative estimate of drug-likeness (QED) is 0.138. The van der Waals surface area contributed by atoms with Gasteiger partial charge in [0.25, 0.3) is 0 Å². The number of imidazole rings is 1. The number of pyridine rings is 1. The summed E-state index contributed by atoms with van der Waals surface area (Å²) in [5.41, 5.74) is 5.02. The van der Waals surface area contributed by atoms with Gasteiger partial charge in [-0.3, -0.25) is 9.78 Å². The Morgan fingerprint density at radius 2 is 1.86 bits per heavy atom. The summed E-state index contributed by atoms with van der Waals surface area (Å²) in [7, 11) is 0. The van der Waals surface area contributed by atoms with Gasteiger partial charge in [-0.2, -0.15) is 0 Å². The van der Waals surface area contributed by atoms with Crippen molar-refractivity contribution in [3.05, 3.63) is 83.4 Å². The van der Waals surface area contributed by atoms with E-state index in [0.717, 1.165) is 72.3 Å². The fourth-order valence-corrected chi connectivity index (χ4v) is 6.63. The Labute approximate surface area is 225 Å². The number of thioether (sulfide) groups is 2. The Hall–Kier alpha value is -2.68. The number of benzene rings is 2. The Kier molecular flexibility index (Phi) is 8.59. The molecular weight excluding hydrogens is 503 g/mol. The lowest BCUT2D eigenvalue weighted by atomic mass is 9.89. The van der Waals surface area contributed by atoms with Gasteiger partial charge in [0, 0.05) is 28.3 Å². The van der Waals surface area contributed by atoms with E-state index in [4.69, 9.17) is 0 Å². The van der Waals surface area contributed by atoms with Crippen molar-refractivity contribution in [2.75, 3.05) is 25.4 Å². The molecule has 2 aromatic carbocycles. The zero-order valence-corrected chi connectivity index (χ0v) is 22.6. The molecule has 2 aromatic heterocycles. The molecule has 1 saturated heterocycles. The molecule has 3 heterocycles. The van der Waals surface area contributed by atoms with E-state index in [2.05, 4.69) is 32.8 Å². The number of ketones is 1. The highest BCUT2D eigenvalue weighted by atomic mass is 32.2. The molecule has 4 aromatic rings. The Morgan fingerprint density at radius 1 is 1.08 bits per heavy atom. The topological polar surface area (TPSA) is 61.9 Å². The molecule has 0 atom stereocenters. The predicted molar refractivity (Wildman–Crippen MR) is 150 cm³/mol. The van der Waals surface area contributed by atoms with Gasteiger partial charge in [0.15, 0.2) is 10.9 Å². The first-order valence-corrected chi connectivity index (χ1v) is 14.7. The number of hydrogen-bond acceptors (Lipinski definition) is 6. The average molecular weight is 535 g/mol. The number of halogens is 1. The summed E-state index contributed by atoms with van der Waals surface area (Å²) in [6, 6.07) is 16.1. The van der Waals surface area contributed by atoms with Crippen LogP contribution in [0.25, 0.3) is 11.0 Å². The van der Waals surface area contributed by atoms with Gasteiger partial charge in [-0.25, -0.2) is 9.37 Å². The van der Waals surface area contributed by atoms with Crippen molar-refractivity contribution in [1.29, 1.82) is 0 Å². The van der Waals surface area contributed by atoms with Crippen LogP contribution in [0.15, 0.2) is 70.8 Å². The first-order chi connectivity index (χ1) is 18.1. The van der Waals surface area contributed by atoms with Crippen LogP contribution in [0.5, 0.6) is 0 Å². The first-order valence-electron chi connectivity index (χ1n) is 12.7. The number of fused-ring (bicyclic) bond motifs is 1. The van der Waals surface area contributed by atoms with Crippen molar-refractivity contribution in [3.63, 3.8) is 0 Å². The number of aromatic amines is 1. The minimum Gasteiger partial charge on any atom is -0.333 e. The van der Waals surface area contributed by atoms with Crippen molar-refractivity contribution in [2.45, 2.75) is 42.0 Å². The normalized spacial score (nSPS) is 14.9. The smallest absolute Gasteiger partial charge is 0.166 e. The number of piperidine rings is 1. The van der Waals surface area contributed by atoms with Gasteiger partial charge < -0.3 is 9.88 Å². The van der Waals surface area contributed by atoms with E-state index >= 15 is 0 Å². The molecule has 1 aliphatic rings. The zero-order valence-electron chi connectivity index (χ0n) is 21.0. The third-order valence-electron chi connectivity index (χ3n) is 6.94. The Bertz CT molecular complexity index is 1320. The summed E-state index contributed by atoms with van der Waals surface area (Å²) in [4.78, 5) is 29.1. The van der Waals surface area contributed by atoms with Gasteiger partial charge in [0.1, 0.15) is 5.82 Å². The highest BCUT2D eigenvalue weighted by molar-refractivity contribution is 7.99. The third kappa shape index (κ3) is 6.61. The van der Waals surface area contributed by atoms with Crippen molar-refractivity contribution in [2.24, 2.45) is 5.92 Å². The molecule has 0 amide bonds. The van der Waals surface area contributed by atoms with Crippen molar-refractivity contribution < 1.29 is 9.18 Å². The number of Topliss-reactive ketones (excluding diaryl/α,β-unsaturated/α-hetero) is 1. The average Bonchev–Trinajstić information content (AvgIpc) is 3.35. The van der Waals surface area contributed by atoms with Crippen molar-refractivity contribution in [3.8, 4) is 0 Å². The van der Waals surface area contributed by atoms with E-state index in [9.17, 15) is 9.18 Å². The summed E-state index contributed by atoms with van der Waals surface area (Å²) in [6.45, 7) is 5.09. The van der Waals surface area contributed by atoms with Crippen LogP contribution in [0.3, 0.4) is 0 Å². The molecule has 192 valence electrons. The summed E-state index contributed by atoms with van der Waals surface area (Å²) in [6.07, 6.45) is 4.76. The summed E-state index contributed by atoms with van der Waals surface area (Å²) < 4.78 is 13.1. The molecule has 1 fully saturated rings. The first kappa shape index (κ1) is 25.9. The van der Waals surface area contributed by atoms with Gasteiger partial charge in [0.2, 0.25) is 0 Å². The van der Waals surface area contributed by atoms with E-state index in [1.165, 1.54) is 22.6 Å². The number of carbonyl (C=O) groups is 1. The van der Waals surface area contributed by atoms with Crippen LogP contribution in [0.1, 0.15) is 40.9 Å². The van der Waals surface area contributed by atoms with E-state index in [1.54, 1.807) is 23.9 Å². The van der Waals surface area contributed by atoms with Crippen LogP contribution in [-0.4, -0.2) is 51.0 Å². The van der Waals surface area contributed by atoms with E-state index < -0.39 is 0 Å². The predicted octanol–water partition coefficient (Wildman–Crippen LogP) is 6.77. The second-order valence-electron chi connectivity index (χ2n) is 9.42.